The van der Waals surface area contributed by atoms with Crippen molar-refractivity contribution in [2.24, 2.45) is 0 Å². The smallest absolute Gasteiger partial charge is 0.142 e. The Morgan fingerprint density at radius 1 is 1.26 bits per heavy atom. The highest BCUT2D eigenvalue weighted by molar-refractivity contribution is 6.31. The van der Waals surface area contributed by atoms with Gasteiger partial charge in [0.05, 0.1) is 5.02 Å². The Labute approximate surface area is 116 Å². The Kier molecular flexibility index (Phi) is 5.10. The lowest BCUT2D eigenvalue weighted by atomic mass is 10.0. The molecule has 0 saturated carbocycles. The minimum atomic E-state index is -0.629. The lowest BCUT2D eigenvalue weighted by Crippen LogP contribution is -2.45. The average Bonchev–Trinajstić information content (AvgIpc) is 2.43. The van der Waals surface area contributed by atoms with Gasteiger partial charge in [0.2, 0.25) is 0 Å². The van der Waals surface area contributed by atoms with E-state index in [9.17, 15) is 13.9 Å². The summed E-state index contributed by atoms with van der Waals surface area (Å²) >= 11 is 5.91. The van der Waals surface area contributed by atoms with Gasteiger partial charge in [-0.15, -0.1) is 0 Å². The summed E-state index contributed by atoms with van der Waals surface area (Å²) in [4.78, 5) is 2.02. The summed E-state index contributed by atoms with van der Waals surface area (Å²) < 4.78 is 27.5. The number of hydrogen-bond donors (Lipinski definition) is 2. The first-order chi connectivity index (χ1) is 9.15. The minimum absolute atomic E-state index is 0.0964. The summed E-state index contributed by atoms with van der Waals surface area (Å²) in [6.45, 7) is 2.92. The van der Waals surface area contributed by atoms with E-state index in [-0.39, 0.29) is 17.2 Å². The fourth-order valence-corrected chi connectivity index (χ4v) is 2.75. The molecule has 0 radical (unpaired) electrons. The molecule has 1 fully saturated rings. The van der Waals surface area contributed by atoms with E-state index < -0.39 is 17.7 Å². The van der Waals surface area contributed by atoms with E-state index in [1.54, 1.807) is 0 Å². The van der Waals surface area contributed by atoms with Crippen molar-refractivity contribution in [3.63, 3.8) is 0 Å². The van der Waals surface area contributed by atoms with Crippen molar-refractivity contribution in [2.45, 2.75) is 12.5 Å². The highest BCUT2D eigenvalue weighted by Crippen LogP contribution is 2.34. The molecule has 0 amide bonds. The molecule has 2 N–H and O–H groups in total. The van der Waals surface area contributed by atoms with Gasteiger partial charge in [0, 0.05) is 44.4 Å². The second kappa shape index (κ2) is 6.61. The molecule has 1 aliphatic rings. The molecule has 0 bridgehead atoms. The zero-order valence-corrected chi connectivity index (χ0v) is 11.3. The van der Waals surface area contributed by atoms with Crippen molar-refractivity contribution in [3.05, 3.63) is 34.4 Å². The Morgan fingerprint density at radius 3 is 2.53 bits per heavy atom. The maximum absolute atomic E-state index is 14.0. The highest BCUT2D eigenvalue weighted by Gasteiger charge is 2.27. The summed E-state index contributed by atoms with van der Waals surface area (Å²) in [5, 5.41) is 12.2. The van der Waals surface area contributed by atoms with Crippen molar-refractivity contribution in [1.82, 2.24) is 10.2 Å². The van der Waals surface area contributed by atoms with Gasteiger partial charge in [-0.05, 0) is 18.6 Å². The van der Waals surface area contributed by atoms with Crippen LogP contribution in [0, 0.1) is 11.6 Å². The molecule has 1 aromatic rings. The number of piperazine rings is 1. The predicted molar refractivity (Wildman–Crippen MR) is 70.3 cm³/mol. The van der Waals surface area contributed by atoms with E-state index in [2.05, 4.69) is 5.32 Å². The molecular weight excluding hydrogens is 274 g/mol. The van der Waals surface area contributed by atoms with Gasteiger partial charge >= 0.3 is 0 Å². The molecule has 1 atom stereocenters. The predicted octanol–water partition coefficient (Wildman–Crippen LogP) is 1.95. The third-order valence-corrected chi connectivity index (χ3v) is 3.79. The van der Waals surface area contributed by atoms with Crippen LogP contribution in [0.2, 0.25) is 5.02 Å². The van der Waals surface area contributed by atoms with Crippen LogP contribution in [0.25, 0.3) is 0 Å². The molecule has 1 aromatic carbocycles. The Hall–Kier alpha value is -0.750. The van der Waals surface area contributed by atoms with E-state index in [4.69, 9.17) is 11.6 Å². The number of aliphatic hydroxyl groups excluding tert-OH is 1. The van der Waals surface area contributed by atoms with Crippen LogP contribution in [-0.2, 0) is 0 Å². The first-order valence-corrected chi connectivity index (χ1v) is 6.72. The maximum atomic E-state index is 14.0. The van der Waals surface area contributed by atoms with Crippen LogP contribution in [0.3, 0.4) is 0 Å². The number of halogens is 3. The molecular formula is C13H17ClF2N2O. The molecule has 1 heterocycles. The number of aliphatic hydroxyl groups is 1. The largest absolute Gasteiger partial charge is 0.396 e. The fraction of sp³-hybridized carbons (Fsp3) is 0.538. The van der Waals surface area contributed by atoms with Crippen LogP contribution in [-0.4, -0.2) is 42.8 Å². The summed E-state index contributed by atoms with van der Waals surface area (Å²) in [7, 11) is 0. The van der Waals surface area contributed by atoms with Gasteiger partial charge in [0.15, 0.2) is 0 Å². The number of hydrogen-bond acceptors (Lipinski definition) is 3. The fourth-order valence-electron chi connectivity index (χ4n) is 2.47. The van der Waals surface area contributed by atoms with E-state index in [0.29, 0.717) is 6.42 Å². The van der Waals surface area contributed by atoms with Crippen molar-refractivity contribution in [1.29, 1.82) is 0 Å². The van der Waals surface area contributed by atoms with Gasteiger partial charge in [-0.25, -0.2) is 8.78 Å². The molecule has 2 rings (SSSR count). The van der Waals surface area contributed by atoms with E-state index in [1.807, 2.05) is 4.90 Å². The van der Waals surface area contributed by atoms with Crippen LogP contribution in [0.4, 0.5) is 8.78 Å². The maximum Gasteiger partial charge on any atom is 0.142 e. The molecule has 1 aliphatic heterocycles. The zero-order chi connectivity index (χ0) is 13.8. The third-order valence-electron chi connectivity index (χ3n) is 3.41. The normalized spacial score (nSPS) is 18.5. The second-order valence-electron chi connectivity index (χ2n) is 4.57. The second-order valence-corrected chi connectivity index (χ2v) is 4.95. The van der Waals surface area contributed by atoms with Gasteiger partial charge in [-0.1, -0.05) is 11.6 Å². The van der Waals surface area contributed by atoms with E-state index in [0.717, 1.165) is 38.3 Å². The van der Waals surface area contributed by atoms with Crippen molar-refractivity contribution < 1.29 is 13.9 Å². The van der Waals surface area contributed by atoms with Crippen LogP contribution < -0.4 is 5.32 Å². The number of rotatable bonds is 4. The van der Waals surface area contributed by atoms with Crippen LogP contribution in [0.5, 0.6) is 0 Å². The molecule has 0 aliphatic carbocycles. The van der Waals surface area contributed by atoms with Gasteiger partial charge in [-0.2, -0.15) is 0 Å². The molecule has 1 saturated heterocycles. The molecule has 106 valence electrons. The summed E-state index contributed by atoms with van der Waals surface area (Å²) in [6, 6.07) is 1.72. The Morgan fingerprint density at radius 2 is 1.89 bits per heavy atom. The highest BCUT2D eigenvalue weighted by atomic mass is 35.5. The molecule has 3 nitrogen and oxygen atoms in total. The standard InChI is InChI=1S/C13H17ClF2N2O/c14-13-10(16)2-1-9(15)12(13)11(3-8-19)18-6-4-17-5-7-18/h1-2,11,17,19H,3-8H2/t11-/m0/s1. The first-order valence-electron chi connectivity index (χ1n) is 6.34. The topological polar surface area (TPSA) is 35.5 Å². The monoisotopic (exact) mass is 290 g/mol. The van der Waals surface area contributed by atoms with Gasteiger partial charge in [0.1, 0.15) is 11.6 Å². The van der Waals surface area contributed by atoms with Crippen LogP contribution >= 0.6 is 11.6 Å². The molecule has 0 unspecified atom stereocenters. The average molecular weight is 291 g/mol. The Balaban J connectivity index is 2.35. The van der Waals surface area contributed by atoms with Gasteiger partial charge in [0.25, 0.3) is 0 Å². The first kappa shape index (κ1) is 14.7. The zero-order valence-electron chi connectivity index (χ0n) is 10.5. The Bertz CT molecular complexity index is 439. The van der Waals surface area contributed by atoms with Crippen LogP contribution in [0.1, 0.15) is 18.0 Å². The minimum Gasteiger partial charge on any atom is -0.396 e. The summed E-state index contributed by atoms with van der Waals surface area (Å²) in [5.41, 5.74) is 0.151. The quantitative estimate of drug-likeness (QED) is 0.832. The third kappa shape index (κ3) is 3.23. The number of benzene rings is 1. The summed E-state index contributed by atoms with van der Waals surface area (Å²) in [5.74, 6) is -1.15. The lowest BCUT2D eigenvalue weighted by Gasteiger charge is -2.35. The molecule has 0 spiro atoms. The van der Waals surface area contributed by atoms with Gasteiger partial charge < -0.3 is 10.4 Å². The molecule has 0 aromatic heterocycles. The molecule has 19 heavy (non-hydrogen) atoms. The SMILES string of the molecule is OCC[C@@H](c1c(F)ccc(F)c1Cl)N1CCNCC1. The summed E-state index contributed by atoms with van der Waals surface area (Å²) in [6.07, 6.45) is 0.333. The van der Waals surface area contributed by atoms with Crippen molar-refractivity contribution in [2.75, 3.05) is 32.8 Å². The molecule has 6 heteroatoms. The number of nitrogens with one attached hydrogen (secondary N) is 1. The van der Waals surface area contributed by atoms with Crippen LogP contribution in [0.15, 0.2) is 12.1 Å². The van der Waals surface area contributed by atoms with Crippen molar-refractivity contribution >= 4 is 11.6 Å². The van der Waals surface area contributed by atoms with E-state index >= 15 is 0 Å². The lowest BCUT2D eigenvalue weighted by molar-refractivity contribution is 0.138. The number of nitrogens with zero attached hydrogens (tertiary/aromatic N) is 1. The van der Waals surface area contributed by atoms with E-state index in [1.165, 1.54) is 0 Å². The van der Waals surface area contributed by atoms with Gasteiger partial charge in [-0.3, -0.25) is 4.90 Å². The van der Waals surface area contributed by atoms with Crippen molar-refractivity contribution in [3.8, 4) is 0 Å².